The summed E-state index contributed by atoms with van der Waals surface area (Å²) in [6, 6.07) is 5.17. The molecule has 0 saturated carbocycles. The van der Waals surface area contributed by atoms with Crippen molar-refractivity contribution >= 4 is 28.1 Å². The molecule has 1 aromatic rings. The highest BCUT2D eigenvalue weighted by molar-refractivity contribution is 7.85. The number of hydrogen-bond acceptors (Lipinski definition) is 4. The second-order valence-corrected chi connectivity index (χ2v) is 6.65. The zero-order chi connectivity index (χ0) is 13.8. The van der Waals surface area contributed by atoms with Crippen LogP contribution >= 0.6 is 11.6 Å². The average molecular weight is 303 g/mol. The number of halogens is 1. The number of nitro groups is 1. The van der Waals surface area contributed by atoms with Crippen molar-refractivity contribution in [1.82, 2.24) is 5.32 Å². The van der Waals surface area contributed by atoms with E-state index < -0.39 is 15.7 Å². The lowest BCUT2D eigenvalue weighted by Crippen LogP contribution is -2.35. The van der Waals surface area contributed by atoms with Crippen LogP contribution in [-0.4, -0.2) is 26.7 Å². The number of rotatable bonds is 4. The summed E-state index contributed by atoms with van der Waals surface area (Å²) in [7, 11) is -0.669. The number of nitrogens with one attached hydrogen (secondary N) is 1. The molecule has 0 bridgehead atoms. The predicted molar refractivity (Wildman–Crippen MR) is 75.8 cm³/mol. The molecule has 1 aliphatic heterocycles. The largest absolute Gasteiger partial charge is 0.310 e. The molecule has 1 heterocycles. The Morgan fingerprint density at radius 1 is 1.42 bits per heavy atom. The summed E-state index contributed by atoms with van der Waals surface area (Å²) in [6.45, 7) is 0.565. The van der Waals surface area contributed by atoms with E-state index in [2.05, 4.69) is 5.32 Å². The molecule has 2 rings (SSSR count). The van der Waals surface area contributed by atoms with E-state index in [0.29, 0.717) is 12.6 Å². The van der Waals surface area contributed by atoms with Gasteiger partial charge in [-0.15, -0.1) is 0 Å². The van der Waals surface area contributed by atoms with Crippen LogP contribution in [0.3, 0.4) is 0 Å². The van der Waals surface area contributed by atoms with Gasteiger partial charge in [0, 0.05) is 41.0 Å². The smallest absolute Gasteiger partial charge is 0.288 e. The maximum absolute atomic E-state index is 11.2. The third kappa shape index (κ3) is 3.99. The Morgan fingerprint density at radius 2 is 2.11 bits per heavy atom. The van der Waals surface area contributed by atoms with E-state index in [-0.39, 0.29) is 10.7 Å². The highest BCUT2D eigenvalue weighted by Gasteiger charge is 2.18. The molecule has 1 fully saturated rings. The van der Waals surface area contributed by atoms with Crippen LogP contribution in [0, 0.1) is 10.1 Å². The number of nitrogens with zero attached hydrogens (tertiary/aromatic N) is 1. The fraction of sp³-hybridized carbons (Fsp3) is 0.500. The van der Waals surface area contributed by atoms with Gasteiger partial charge in [0.1, 0.15) is 5.02 Å². The minimum Gasteiger partial charge on any atom is -0.310 e. The van der Waals surface area contributed by atoms with E-state index in [1.54, 1.807) is 12.1 Å². The van der Waals surface area contributed by atoms with Crippen LogP contribution in [0.15, 0.2) is 18.2 Å². The molecule has 7 heteroatoms. The van der Waals surface area contributed by atoms with Gasteiger partial charge in [-0.1, -0.05) is 17.7 Å². The lowest BCUT2D eigenvalue weighted by atomic mass is 10.1. The Bertz CT molecular complexity index is 500. The van der Waals surface area contributed by atoms with Gasteiger partial charge in [-0.2, -0.15) is 0 Å². The van der Waals surface area contributed by atoms with Crippen LogP contribution < -0.4 is 5.32 Å². The van der Waals surface area contributed by atoms with Crippen molar-refractivity contribution in [3.8, 4) is 0 Å². The summed E-state index contributed by atoms with van der Waals surface area (Å²) < 4.78 is 11.2. The van der Waals surface area contributed by atoms with E-state index in [1.165, 1.54) is 6.07 Å². The molecule has 0 amide bonds. The zero-order valence-electron chi connectivity index (χ0n) is 10.3. The molecule has 0 spiro atoms. The topological polar surface area (TPSA) is 72.2 Å². The van der Waals surface area contributed by atoms with E-state index in [0.717, 1.165) is 29.9 Å². The fourth-order valence-corrected chi connectivity index (χ4v) is 3.55. The summed E-state index contributed by atoms with van der Waals surface area (Å²) >= 11 is 5.76. The van der Waals surface area contributed by atoms with Crippen molar-refractivity contribution in [3.63, 3.8) is 0 Å². The number of hydrogen-bond donors (Lipinski definition) is 1. The van der Waals surface area contributed by atoms with Crippen molar-refractivity contribution in [3.05, 3.63) is 38.9 Å². The van der Waals surface area contributed by atoms with Gasteiger partial charge in [0.15, 0.2) is 0 Å². The SMILES string of the molecule is O=[N+]([O-])c1cc(CNC2CCS(=O)CC2)ccc1Cl. The molecule has 0 atom stereocenters. The van der Waals surface area contributed by atoms with Gasteiger partial charge in [0.25, 0.3) is 5.69 Å². The fourth-order valence-electron chi connectivity index (χ4n) is 2.07. The molecule has 0 aliphatic carbocycles. The summed E-state index contributed by atoms with van der Waals surface area (Å²) in [5, 5.41) is 14.3. The van der Waals surface area contributed by atoms with E-state index in [9.17, 15) is 14.3 Å². The van der Waals surface area contributed by atoms with Gasteiger partial charge in [0.2, 0.25) is 0 Å². The van der Waals surface area contributed by atoms with E-state index in [4.69, 9.17) is 11.6 Å². The molecule has 0 radical (unpaired) electrons. The average Bonchev–Trinajstić information content (AvgIpc) is 2.39. The Morgan fingerprint density at radius 3 is 2.74 bits per heavy atom. The number of nitro benzene ring substituents is 1. The third-order valence-electron chi connectivity index (χ3n) is 3.19. The van der Waals surface area contributed by atoms with Gasteiger partial charge in [-0.05, 0) is 24.5 Å². The first kappa shape index (κ1) is 14.4. The maximum Gasteiger partial charge on any atom is 0.288 e. The number of benzene rings is 1. The first-order chi connectivity index (χ1) is 9.06. The highest BCUT2D eigenvalue weighted by atomic mass is 35.5. The molecule has 104 valence electrons. The summed E-state index contributed by atoms with van der Waals surface area (Å²) in [6.07, 6.45) is 1.78. The molecular weight excluding hydrogens is 288 g/mol. The quantitative estimate of drug-likeness (QED) is 0.684. The van der Waals surface area contributed by atoms with Crippen molar-refractivity contribution in [2.24, 2.45) is 0 Å². The molecule has 19 heavy (non-hydrogen) atoms. The summed E-state index contributed by atoms with van der Waals surface area (Å²) in [5.74, 6) is 1.47. The zero-order valence-corrected chi connectivity index (χ0v) is 11.9. The van der Waals surface area contributed by atoms with Crippen LogP contribution in [-0.2, 0) is 17.3 Å². The Hall–Kier alpha value is -0.980. The first-order valence-corrected chi connectivity index (χ1v) is 7.94. The standard InChI is InChI=1S/C12H15ClN2O3S/c13-11-2-1-9(7-12(11)15(16)17)8-14-10-3-5-19(18)6-4-10/h1-2,7,10,14H,3-6,8H2. The lowest BCUT2D eigenvalue weighted by molar-refractivity contribution is -0.384. The molecule has 0 aromatic heterocycles. The van der Waals surface area contributed by atoms with Crippen molar-refractivity contribution < 1.29 is 9.13 Å². The Balaban J connectivity index is 1.94. The van der Waals surface area contributed by atoms with Crippen LogP contribution in [0.4, 0.5) is 5.69 Å². The van der Waals surface area contributed by atoms with E-state index >= 15 is 0 Å². The molecule has 1 N–H and O–H groups in total. The van der Waals surface area contributed by atoms with Crippen LogP contribution in [0.2, 0.25) is 5.02 Å². The summed E-state index contributed by atoms with van der Waals surface area (Å²) in [5.41, 5.74) is 0.772. The second kappa shape index (κ2) is 6.45. The van der Waals surface area contributed by atoms with E-state index in [1.807, 2.05) is 0 Å². The lowest BCUT2D eigenvalue weighted by Gasteiger charge is -2.22. The minimum atomic E-state index is -0.669. The van der Waals surface area contributed by atoms with Crippen LogP contribution in [0.5, 0.6) is 0 Å². The maximum atomic E-state index is 11.2. The summed E-state index contributed by atoms with van der Waals surface area (Å²) in [4.78, 5) is 10.3. The van der Waals surface area contributed by atoms with Gasteiger partial charge >= 0.3 is 0 Å². The Labute approximate surface area is 118 Å². The van der Waals surface area contributed by atoms with Crippen molar-refractivity contribution in [2.75, 3.05) is 11.5 Å². The van der Waals surface area contributed by atoms with Crippen LogP contribution in [0.25, 0.3) is 0 Å². The molecule has 5 nitrogen and oxygen atoms in total. The monoisotopic (exact) mass is 302 g/mol. The molecule has 1 saturated heterocycles. The van der Waals surface area contributed by atoms with Crippen molar-refractivity contribution in [1.29, 1.82) is 0 Å². The first-order valence-electron chi connectivity index (χ1n) is 6.07. The molecular formula is C12H15ClN2O3S. The minimum absolute atomic E-state index is 0.0642. The van der Waals surface area contributed by atoms with Gasteiger partial charge in [-0.25, -0.2) is 0 Å². The molecule has 1 aliphatic rings. The molecule has 0 unspecified atom stereocenters. The second-order valence-electron chi connectivity index (χ2n) is 4.55. The Kier molecular flexibility index (Phi) is 4.90. The van der Waals surface area contributed by atoms with Gasteiger partial charge < -0.3 is 5.32 Å². The van der Waals surface area contributed by atoms with Crippen molar-refractivity contribution in [2.45, 2.75) is 25.4 Å². The van der Waals surface area contributed by atoms with Crippen LogP contribution in [0.1, 0.15) is 18.4 Å². The highest BCUT2D eigenvalue weighted by Crippen LogP contribution is 2.25. The predicted octanol–water partition coefficient (Wildman–Crippen LogP) is 2.25. The normalized spacial score (nSPS) is 23.2. The molecule has 1 aromatic carbocycles. The third-order valence-corrected chi connectivity index (χ3v) is 4.89. The van der Waals surface area contributed by atoms with Gasteiger partial charge in [0.05, 0.1) is 4.92 Å². The van der Waals surface area contributed by atoms with Gasteiger partial charge in [-0.3, -0.25) is 14.3 Å².